The van der Waals surface area contributed by atoms with Crippen LogP contribution in [0.5, 0.6) is 0 Å². The summed E-state index contributed by atoms with van der Waals surface area (Å²) in [4.78, 5) is 15.0. The highest BCUT2D eigenvalue weighted by molar-refractivity contribution is 5.92. The van der Waals surface area contributed by atoms with Crippen molar-refractivity contribution in [1.29, 1.82) is 0 Å². The Morgan fingerprint density at radius 1 is 1.04 bits per heavy atom. The molecule has 0 aromatic heterocycles. The highest BCUT2D eigenvalue weighted by atomic mass is 16.6. The van der Waals surface area contributed by atoms with Gasteiger partial charge in [0.2, 0.25) is 5.76 Å². The van der Waals surface area contributed by atoms with Gasteiger partial charge in [-0.1, -0.05) is 25.7 Å². The molecule has 0 aromatic rings. The molecule has 1 atom stereocenters. The number of nitrogens with zero attached hydrogens (tertiary/aromatic N) is 1. The van der Waals surface area contributed by atoms with Crippen LogP contribution in [0.2, 0.25) is 0 Å². The van der Waals surface area contributed by atoms with Gasteiger partial charge >= 0.3 is 0 Å². The topological polar surface area (TPSA) is 50.8 Å². The van der Waals surface area contributed by atoms with E-state index in [-0.39, 0.29) is 11.9 Å². The van der Waals surface area contributed by atoms with Crippen molar-refractivity contribution >= 4 is 5.91 Å². The zero-order valence-electron chi connectivity index (χ0n) is 14.3. The molecule has 1 N–H and O–H groups in total. The van der Waals surface area contributed by atoms with E-state index in [0.717, 1.165) is 19.4 Å². The van der Waals surface area contributed by atoms with Gasteiger partial charge < -0.3 is 14.8 Å². The zero-order valence-corrected chi connectivity index (χ0v) is 14.3. The van der Waals surface area contributed by atoms with Crippen LogP contribution >= 0.6 is 0 Å². The Morgan fingerprint density at radius 3 is 2.52 bits per heavy atom. The summed E-state index contributed by atoms with van der Waals surface area (Å²) >= 11 is 0. The smallest absolute Gasteiger partial charge is 0.290 e. The van der Waals surface area contributed by atoms with E-state index >= 15 is 0 Å². The van der Waals surface area contributed by atoms with Gasteiger partial charge in [0, 0.05) is 18.6 Å². The Morgan fingerprint density at radius 2 is 1.78 bits per heavy atom. The van der Waals surface area contributed by atoms with Gasteiger partial charge in [-0.25, -0.2) is 0 Å². The third kappa shape index (κ3) is 4.40. The van der Waals surface area contributed by atoms with Crippen LogP contribution in [-0.4, -0.2) is 49.2 Å². The molecule has 23 heavy (non-hydrogen) atoms. The minimum Gasteiger partial charge on any atom is -0.491 e. The van der Waals surface area contributed by atoms with E-state index in [1.165, 1.54) is 45.1 Å². The van der Waals surface area contributed by atoms with Gasteiger partial charge in [-0.15, -0.1) is 0 Å². The summed E-state index contributed by atoms with van der Waals surface area (Å²) in [5, 5.41) is 3.16. The van der Waals surface area contributed by atoms with Gasteiger partial charge in [-0.3, -0.25) is 9.69 Å². The molecular formula is C18H30N2O3. The molecule has 1 amide bonds. The van der Waals surface area contributed by atoms with Crippen molar-refractivity contribution in [2.24, 2.45) is 0 Å². The molecule has 1 aliphatic carbocycles. The van der Waals surface area contributed by atoms with Crippen LogP contribution < -0.4 is 5.32 Å². The number of carbonyl (C=O) groups is 1. The molecular weight excluding hydrogens is 292 g/mol. The monoisotopic (exact) mass is 322 g/mol. The SMILES string of the molecule is CC1=C(C(=O)NC2CCCN(C3CCCCCC3)C2)OCCO1. The average Bonchev–Trinajstić information content (AvgIpc) is 2.85. The number of likely N-dealkylation sites (tertiary alicyclic amines) is 1. The molecule has 0 aromatic carbocycles. The first-order valence-corrected chi connectivity index (χ1v) is 9.25. The summed E-state index contributed by atoms with van der Waals surface area (Å²) in [5.41, 5.74) is 0. The van der Waals surface area contributed by atoms with Crippen LogP contribution in [-0.2, 0) is 14.3 Å². The van der Waals surface area contributed by atoms with Crippen LogP contribution in [0, 0.1) is 0 Å². The van der Waals surface area contributed by atoms with E-state index in [1.807, 2.05) is 0 Å². The Kier molecular flexibility index (Phi) is 5.81. The third-order valence-corrected chi connectivity index (χ3v) is 5.30. The Labute approximate surface area is 139 Å². The summed E-state index contributed by atoms with van der Waals surface area (Å²) in [6.45, 7) is 4.94. The highest BCUT2D eigenvalue weighted by Gasteiger charge is 2.29. The van der Waals surface area contributed by atoms with Crippen LogP contribution in [0.3, 0.4) is 0 Å². The summed E-state index contributed by atoms with van der Waals surface area (Å²) in [5.74, 6) is 0.850. The van der Waals surface area contributed by atoms with Crippen molar-refractivity contribution in [3.63, 3.8) is 0 Å². The van der Waals surface area contributed by atoms with Crippen LogP contribution in [0.4, 0.5) is 0 Å². The van der Waals surface area contributed by atoms with Crippen molar-refractivity contribution in [2.45, 2.75) is 70.4 Å². The lowest BCUT2D eigenvalue weighted by Crippen LogP contribution is -2.51. The predicted octanol–water partition coefficient (Wildman–Crippen LogP) is 2.57. The summed E-state index contributed by atoms with van der Waals surface area (Å²) < 4.78 is 10.9. The molecule has 0 spiro atoms. The second kappa shape index (κ2) is 8.04. The number of hydrogen-bond donors (Lipinski definition) is 1. The average molecular weight is 322 g/mol. The number of carbonyl (C=O) groups excluding carboxylic acids is 1. The molecule has 130 valence electrons. The first kappa shape index (κ1) is 16.6. The largest absolute Gasteiger partial charge is 0.491 e. The minimum atomic E-state index is -0.116. The standard InChI is InChI=1S/C18H30N2O3/c1-14-17(23-12-11-22-14)18(21)19-15-7-6-10-20(13-15)16-8-4-2-3-5-9-16/h15-16H,2-13H2,1H3,(H,19,21). The molecule has 1 unspecified atom stereocenters. The molecule has 2 fully saturated rings. The van der Waals surface area contributed by atoms with Gasteiger partial charge in [0.15, 0.2) is 0 Å². The maximum absolute atomic E-state index is 12.4. The fourth-order valence-corrected chi connectivity index (χ4v) is 4.06. The number of piperidine rings is 1. The van der Waals surface area contributed by atoms with Crippen molar-refractivity contribution in [3.8, 4) is 0 Å². The van der Waals surface area contributed by atoms with E-state index in [4.69, 9.17) is 9.47 Å². The van der Waals surface area contributed by atoms with E-state index in [2.05, 4.69) is 10.2 Å². The van der Waals surface area contributed by atoms with E-state index < -0.39 is 0 Å². The third-order valence-electron chi connectivity index (χ3n) is 5.30. The van der Waals surface area contributed by atoms with E-state index in [9.17, 15) is 4.79 Å². The normalized spacial score (nSPS) is 27.8. The molecule has 0 radical (unpaired) electrons. The highest BCUT2D eigenvalue weighted by Crippen LogP contribution is 2.25. The van der Waals surface area contributed by atoms with Crippen LogP contribution in [0.15, 0.2) is 11.5 Å². The fourth-order valence-electron chi connectivity index (χ4n) is 4.06. The molecule has 1 saturated heterocycles. The van der Waals surface area contributed by atoms with Crippen LogP contribution in [0.1, 0.15) is 58.3 Å². The fraction of sp³-hybridized carbons (Fsp3) is 0.833. The number of rotatable bonds is 3. The first-order chi connectivity index (χ1) is 11.2. The number of allylic oxidation sites excluding steroid dienone is 1. The van der Waals surface area contributed by atoms with Crippen molar-refractivity contribution < 1.29 is 14.3 Å². The van der Waals surface area contributed by atoms with E-state index in [1.54, 1.807) is 6.92 Å². The van der Waals surface area contributed by atoms with Crippen molar-refractivity contribution in [1.82, 2.24) is 10.2 Å². The number of amides is 1. The molecule has 1 saturated carbocycles. The first-order valence-electron chi connectivity index (χ1n) is 9.25. The van der Waals surface area contributed by atoms with Gasteiger partial charge in [0.1, 0.15) is 19.0 Å². The lowest BCUT2D eigenvalue weighted by Gasteiger charge is -2.38. The second-order valence-corrected chi connectivity index (χ2v) is 7.04. The van der Waals surface area contributed by atoms with Crippen molar-refractivity contribution in [2.75, 3.05) is 26.3 Å². The quantitative estimate of drug-likeness (QED) is 0.812. The molecule has 0 bridgehead atoms. The van der Waals surface area contributed by atoms with Crippen LogP contribution in [0.25, 0.3) is 0 Å². The second-order valence-electron chi connectivity index (χ2n) is 7.04. The Bertz CT molecular complexity index is 442. The Balaban J connectivity index is 1.54. The Hall–Kier alpha value is -1.23. The summed E-state index contributed by atoms with van der Waals surface area (Å²) in [6.07, 6.45) is 10.3. The molecule has 3 aliphatic rings. The van der Waals surface area contributed by atoms with Gasteiger partial charge in [-0.2, -0.15) is 0 Å². The van der Waals surface area contributed by atoms with Crippen molar-refractivity contribution in [3.05, 3.63) is 11.5 Å². The summed E-state index contributed by atoms with van der Waals surface area (Å²) in [6, 6.07) is 0.942. The molecule has 2 heterocycles. The molecule has 3 rings (SSSR count). The lowest BCUT2D eigenvalue weighted by atomic mass is 10.00. The maximum atomic E-state index is 12.4. The van der Waals surface area contributed by atoms with Gasteiger partial charge in [0.05, 0.1) is 0 Å². The van der Waals surface area contributed by atoms with E-state index in [0.29, 0.717) is 30.8 Å². The van der Waals surface area contributed by atoms with Gasteiger partial charge in [0.25, 0.3) is 5.91 Å². The zero-order chi connectivity index (χ0) is 16.1. The maximum Gasteiger partial charge on any atom is 0.290 e. The number of hydrogen-bond acceptors (Lipinski definition) is 4. The molecule has 5 heteroatoms. The lowest BCUT2D eigenvalue weighted by molar-refractivity contribution is -0.123. The number of nitrogens with one attached hydrogen (secondary N) is 1. The molecule has 5 nitrogen and oxygen atoms in total. The minimum absolute atomic E-state index is 0.116. The number of ether oxygens (including phenoxy) is 2. The van der Waals surface area contributed by atoms with Gasteiger partial charge in [-0.05, 0) is 39.2 Å². The predicted molar refractivity (Wildman–Crippen MR) is 88.8 cm³/mol. The molecule has 2 aliphatic heterocycles. The summed E-state index contributed by atoms with van der Waals surface area (Å²) in [7, 11) is 0.